The molecule has 148 valence electrons. The van der Waals surface area contributed by atoms with Crippen molar-refractivity contribution in [1.29, 1.82) is 0 Å². The van der Waals surface area contributed by atoms with Gasteiger partial charge in [0.1, 0.15) is 0 Å². The van der Waals surface area contributed by atoms with Crippen LogP contribution < -0.4 is 5.32 Å². The van der Waals surface area contributed by atoms with Crippen LogP contribution in [0.3, 0.4) is 0 Å². The molecule has 1 aromatic carbocycles. The molecule has 1 N–H and O–H groups in total. The summed E-state index contributed by atoms with van der Waals surface area (Å²) >= 11 is 0. The number of carbonyl (C=O) groups excluding carboxylic acids is 1. The maximum absolute atomic E-state index is 12.7. The fraction of sp³-hybridized carbons (Fsp3) is 0.565. The van der Waals surface area contributed by atoms with E-state index in [1.165, 1.54) is 48.9 Å². The molecule has 1 atom stereocenters. The topological polar surface area (TPSA) is 50.2 Å². The van der Waals surface area contributed by atoms with Gasteiger partial charge in [-0.05, 0) is 42.9 Å². The Labute approximate surface area is 167 Å². The third kappa shape index (κ3) is 3.48. The molecule has 1 unspecified atom stereocenters. The summed E-state index contributed by atoms with van der Waals surface area (Å²) in [5.41, 5.74) is 4.81. The summed E-state index contributed by atoms with van der Waals surface area (Å²) in [7, 11) is 0. The first-order chi connectivity index (χ1) is 13.8. The molecule has 0 radical (unpaired) electrons. The fourth-order valence-electron chi connectivity index (χ4n) is 5.32. The SMILES string of the molecule is O=C(NCc1cc2n(n1)CCN(C1CCCCC1)C2)C1CCc2ccccc21. The van der Waals surface area contributed by atoms with E-state index in [1.54, 1.807) is 0 Å². The van der Waals surface area contributed by atoms with Crippen LogP contribution >= 0.6 is 0 Å². The van der Waals surface area contributed by atoms with Gasteiger partial charge in [-0.1, -0.05) is 43.5 Å². The molecule has 1 aromatic heterocycles. The van der Waals surface area contributed by atoms with E-state index in [9.17, 15) is 4.79 Å². The average molecular weight is 379 g/mol. The van der Waals surface area contributed by atoms with Crippen molar-refractivity contribution >= 4 is 5.91 Å². The van der Waals surface area contributed by atoms with Crippen LogP contribution in [0.15, 0.2) is 30.3 Å². The molecular formula is C23H30N4O. The molecule has 5 rings (SSSR count). The van der Waals surface area contributed by atoms with Crippen molar-refractivity contribution in [2.24, 2.45) is 0 Å². The summed E-state index contributed by atoms with van der Waals surface area (Å²) in [4.78, 5) is 15.4. The maximum Gasteiger partial charge on any atom is 0.227 e. The van der Waals surface area contributed by atoms with Crippen molar-refractivity contribution in [2.75, 3.05) is 6.54 Å². The Morgan fingerprint density at radius 1 is 1.11 bits per heavy atom. The van der Waals surface area contributed by atoms with E-state index in [4.69, 9.17) is 5.10 Å². The van der Waals surface area contributed by atoms with Crippen molar-refractivity contribution in [1.82, 2.24) is 20.0 Å². The van der Waals surface area contributed by atoms with Crippen LogP contribution in [0.2, 0.25) is 0 Å². The van der Waals surface area contributed by atoms with Crippen molar-refractivity contribution in [3.63, 3.8) is 0 Å². The van der Waals surface area contributed by atoms with E-state index in [0.717, 1.165) is 44.2 Å². The number of nitrogens with zero attached hydrogens (tertiary/aromatic N) is 3. The molecule has 0 bridgehead atoms. The van der Waals surface area contributed by atoms with Gasteiger partial charge in [0.15, 0.2) is 0 Å². The van der Waals surface area contributed by atoms with E-state index < -0.39 is 0 Å². The molecule has 3 aliphatic rings. The predicted molar refractivity (Wildman–Crippen MR) is 109 cm³/mol. The summed E-state index contributed by atoms with van der Waals surface area (Å²) in [6.45, 7) is 3.60. The third-order valence-corrected chi connectivity index (χ3v) is 6.86. The Bertz CT molecular complexity index is 852. The molecule has 1 amide bonds. The van der Waals surface area contributed by atoms with Gasteiger partial charge in [0.25, 0.3) is 0 Å². The zero-order chi connectivity index (χ0) is 18.9. The monoisotopic (exact) mass is 378 g/mol. The number of nitrogens with one attached hydrogen (secondary N) is 1. The number of rotatable bonds is 4. The number of carbonyl (C=O) groups is 1. The zero-order valence-electron chi connectivity index (χ0n) is 16.6. The highest BCUT2D eigenvalue weighted by atomic mass is 16.1. The van der Waals surface area contributed by atoms with Gasteiger partial charge in [0, 0.05) is 19.1 Å². The minimum absolute atomic E-state index is 0.00441. The quantitative estimate of drug-likeness (QED) is 0.887. The van der Waals surface area contributed by atoms with Gasteiger partial charge in [-0.2, -0.15) is 5.10 Å². The lowest BCUT2D eigenvalue weighted by atomic mass is 9.94. The summed E-state index contributed by atoms with van der Waals surface area (Å²) < 4.78 is 2.14. The van der Waals surface area contributed by atoms with Gasteiger partial charge in [-0.3, -0.25) is 14.4 Å². The Hall–Kier alpha value is -2.14. The number of fused-ring (bicyclic) bond motifs is 2. The van der Waals surface area contributed by atoms with Crippen LogP contribution in [0.5, 0.6) is 0 Å². The summed E-state index contributed by atoms with van der Waals surface area (Å²) in [6, 6.07) is 11.3. The van der Waals surface area contributed by atoms with E-state index in [0.29, 0.717) is 6.54 Å². The molecule has 2 aromatic rings. The van der Waals surface area contributed by atoms with Gasteiger partial charge in [0.2, 0.25) is 5.91 Å². The number of benzene rings is 1. The van der Waals surface area contributed by atoms with E-state index in [2.05, 4.69) is 39.2 Å². The molecule has 1 fully saturated rings. The third-order valence-electron chi connectivity index (χ3n) is 6.86. The molecule has 5 heteroatoms. The van der Waals surface area contributed by atoms with Crippen molar-refractivity contribution in [3.05, 3.63) is 52.8 Å². The Balaban J connectivity index is 1.20. The fourth-order valence-corrected chi connectivity index (χ4v) is 5.32. The van der Waals surface area contributed by atoms with Crippen LogP contribution in [0.4, 0.5) is 0 Å². The minimum Gasteiger partial charge on any atom is -0.350 e. The minimum atomic E-state index is -0.00441. The summed E-state index contributed by atoms with van der Waals surface area (Å²) in [6.07, 6.45) is 8.77. The van der Waals surface area contributed by atoms with E-state index in [-0.39, 0.29) is 11.8 Å². The largest absolute Gasteiger partial charge is 0.350 e. The first kappa shape index (κ1) is 17.9. The zero-order valence-corrected chi connectivity index (χ0v) is 16.6. The Morgan fingerprint density at radius 2 is 1.96 bits per heavy atom. The smallest absolute Gasteiger partial charge is 0.227 e. The molecule has 2 heterocycles. The van der Waals surface area contributed by atoms with Gasteiger partial charge in [0.05, 0.1) is 30.4 Å². The predicted octanol–water partition coefficient (Wildman–Crippen LogP) is 3.38. The first-order valence-electron chi connectivity index (χ1n) is 10.9. The molecule has 1 aliphatic heterocycles. The van der Waals surface area contributed by atoms with Crippen LogP contribution in [0.1, 0.15) is 67.0 Å². The first-order valence-corrected chi connectivity index (χ1v) is 10.9. The number of hydrogen-bond donors (Lipinski definition) is 1. The second-order valence-corrected chi connectivity index (χ2v) is 8.62. The molecular weight excluding hydrogens is 348 g/mol. The molecule has 1 saturated carbocycles. The van der Waals surface area contributed by atoms with E-state index in [1.807, 2.05) is 6.07 Å². The lowest BCUT2D eigenvalue weighted by Crippen LogP contribution is -2.42. The normalized spacial score (nSPS) is 22.6. The van der Waals surface area contributed by atoms with Crippen LogP contribution in [0, 0.1) is 0 Å². The number of aryl methyl sites for hydroxylation is 1. The highest BCUT2D eigenvalue weighted by Crippen LogP contribution is 2.33. The van der Waals surface area contributed by atoms with Gasteiger partial charge >= 0.3 is 0 Å². The van der Waals surface area contributed by atoms with Crippen molar-refractivity contribution in [2.45, 2.75) is 76.5 Å². The lowest BCUT2D eigenvalue weighted by Gasteiger charge is -2.36. The summed E-state index contributed by atoms with van der Waals surface area (Å²) in [5.74, 6) is 0.134. The lowest BCUT2D eigenvalue weighted by molar-refractivity contribution is -0.122. The van der Waals surface area contributed by atoms with E-state index >= 15 is 0 Å². The van der Waals surface area contributed by atoms with Crippen LogP contribution in [-0.2, 0) is 30.8 Å². The maximum atomic E-state index is 12.7. The number of hydrogen-bond acceptors (Lipinski definition) is 3. The molecule has 28 heavy (non-hydrogen) atoms. The molecule has 5 nitrogen and oxygen atoms in total. The van der Waals surface area contributed by atoms with Gasteiger partial charge < -0.3 is 5.32 Å². The van der Waals surface area contributed by atoms with Crippen molar-refractivity contribution < 1.29 is 4.79 Å². The summed E-state index contributed by atoms with van der Waals surface area (Å²) in [5, 5.41) is 7.89. The molecule has 0 saturated heterocycles. The van der Waals surface area contributed by atoms with Crippen LogP contribution in [-0.4, -0.2) is 33.2 Å². The van der Waals surface area contributed by atoms with Gasteiger partial charge in [-0.15, -0.1) is 0 Å². The Morgan fingerprint density at radius 3 is 2.86 bits per heavy atom. The highest BCUT2D eigenvalue weighted by molar-refractivity contribution is 5.84. The second kappa shape index (κ2) is 7.70. The number of amides is 1. The number of aromatic nitrogens is 2. The van der Waals surface area contributed by atoms with Crippen LogP contribution in [0.25, 0.3) is 0 Å². The molecule has 0 spiro atoms. The highest BCUT2D eigenvalue weighted by Gasteiger charge is 2.29. The average Bonchev–Trinajstić information content (AvgIpc) is 3.36. The van der Waals surface area contributed by atoms with Gasteiger partial charge in [-0.25, -0.2) is 0 Å². The standard InChI is InChI=1S/C23H30N4O/c28-23(22-11-10-17-6-4-5-9-21(17)22)24-15-18-14-20-16-26(12-13-27(20)25-18)19-7-2-1-3-8-19/h4-6,9,14,19,22H,1-3,7-8,10-13,15-16H2,(H,24,28). The second-order valence-electron chi connectivity index (χ2n) is 8.62. The molecule has 2 aliphatic carbocycles. The van der Waals surface area contributed by atoms with Crippen molar-refractivity contribution in [3.8, 4) is 0 Å². The Kier molecular flexibility index (Phi) is 4.93.